The minimum absolute atomic E-state index is 0.0640. The lowest BCUT2D eigenvalue weighted by molar-refractivity contribution is -0.154. The van der Waals surface area contributed by atoms with Gasteiger partial charge in [-0.15, -0.1) is 11.3 Å². The van der Waals surface area contributed by atoms with Crippen LogP contribution in [0.3, 0.4) is 0 Å². The van der Waals surface area contributed by atoms with Crippen LogP contribution in [0, 0.1) is 6.92 Å². The van der Waals surface area contributed by atoms with E-state index in [9.17, 15) is 13.2 Å². The molecule has 5 nitrogen and oxygen atoms in total. The van der Waals surface area contributed by atoms with Crippen molar-refractivity contribution < 1.29 is 17.9 Å². The number of fused-ring (bicyclic) bond motifs is 1. The Bertz CT molecular complexity index is 850. The third-order valence-electron chi connectivity index (χ3n) is 3.10. The average molecular weight is 354 g/mol. The predicted molar refractivity (Wildman–Crippen MR) is 85.3 cm³/mol. The highest BCUT2D eigenvalue weighted by Crippen LogP contribution is 2.27. The minimum Gasteiger partial charge on any atom is -0.468 e. The number of aryl methyl sites for hydroxylation is 1. The maximum Gasteiger partial charge on any atom is 0.422 e. The fourth-order valence-corrected chi connectivity index (χ4v) is 2.94. The summed E-state index contributed by atoms with van der Waals surface area (Å²) >= 11 is 1.57. The summed E-state index contributed by atoms with van der Waals surface area (Å²) in [6.45, 7) is 1.01. The Labute approximate surface area is 139 Å². The Balaban J connectivity index is 1.70. The SMILES string of the molecule is Cc1cc2c(NCc3ccnc(OCC(F)(F)F)c3)ncnc2s1. The zero-order valence-corrected chi connectivity index (χ0v) is 13.4. The average Bonchev–Trinajstić information content (AvgIpc) is 2.91. The highest BCUT2D eigenvalue weighted by molar-refractivity contribution is 7.18. The van der Waals surface area contributed by atoms with E-state index in [0.717, 1.165) is 20.7 Å². The first-order valence-corrected chi connectivity index (χ1v) is 7.82. The summed E-state index contributed by atoms with van der Waals surface area (Å²) in [5.41, 5.74) is 0.737. The fraction of sp³-hybridized carbons (Fsp3) is 0.267. The Morgan fingerprint density at radius 2 is 2.04 bits per heavy atom. The van der Waals surface area contributed by atoms with Gasteiger partial charge < -0.3 is 10.1 Å². The van der Waals surface area contributed by atoms with Crippen LogP contribution in [-0.2, 0) is 6.54 Å². The third-order valence-corrected chi connectivity index (χ3v) is 4.05. The van der Waals surface area contributed by atoms with Crippen LogP contribution in [-0.4, -0.2) is 27.7 Å². The maximum atomic E-state index is 12.2. The van der Waals surface area contributed by atoms with E-state index in [0.29, 0.717) is 12.4 Å². The van der Waals surface area contributed by atoms with E-state index in [4.69, 9.17) is 0 Å². The summed E-state index contributed by atoms with van der Waals surface area (Å²) in [5, 5.41) is 4.09. The van der Waals surface area contributed by atoms with E-state index in [1.807, 2.05) is 13.0 Å². The van der Waals surface area contributed by atoms with Crippen molar-refractivity contribution in [3.8, 4) is 5.88 Å². The maximum absolute atomic E-state index is 12.2. The van der Waals surface area contributed by atoms with E-state index >= 15 is 0 Å². The van der Waals surface area contributed by atoms with E-state index in [-0.39, 0.29) is 5.88 Å². The van der Waals surface area contributed by atoms with Crippen molar-refractivity contribution in [1.29, 1.82) is 0 Å². The van der Waals surface area contributed by atoms with Gasteiger partial charge in [0, 0.05) is 23.7 Å². The van der Waals surface area contributed by atoms with E-state index in [2.05, 4.69) is 25.0 Å². The summed E-state index contributed by atoms with van der Waals surface area (Å²) in [5.74, 6) is 0.616. The van der Waals surface area contributed by atoms with Crippen LogP contribution in [0.2, 0.25) is 0 Å². The molecule has 9 heteroatoms. The largest absolute Gasteiger partial charge is 0.468 e. The van der Waals surface area contributed by atoms with Gasteiger partial charge in [-0.05, 0) is 24.6 Å². The normalized spacial score (nSPS) is 11.7. The number of anilines is 1. The van der Waals surface area contributed by atoms with Gasteiger partial charge >= 0.3 is 6.18 Å². The predicted octanol–water partition coefficient (Wildman–Crippen LogP) is 3.95. The van der Waals surface area contributed by atoms with E-state index < -0.39 is 12.8 Å². The third kappa shape index (κ3) is 4.10. The molecular formula is C15H13F3N4OS. The lowest BCUT2D eigenvalue weighted by atomic mass is 10.2. The molecular weight excluding hydrogens is 341 g/mol. The smallest absolute Gasteiger partial charge is 0.422 e. The number of ether oxygens (including phenoxy) is 1. The summed E-state index contributed by atoms with van der Waals surface area (Å²) in [4.78, 5) is 14.2. The molecule has 24 heavy (non-hydrogen) atoms. The van der Waals surface area contributed by atoms with Gasteiger partial charge in [0.05, 0.1) is 5.39 Å². The fourth-order valence-electron chi connectivity index (χ4n) is 2.10. The van der Waals surface area contributed by atoms with Gasteiger partial charge in [-0.3, -0.25) is 0 Å². The first-order valence-electron chi connectivity index (χ1n) is 7.00. The quantitative estimate of drug-likeness (QED) is 0.752. The number of pyridine rings is 1. The van der Waals surface area contributed by atoms with Crippen LogP contribution in [0.4, 0.5) is 19.0 Å². The molecule has 0 aliphatic rings. The second-order valence-corrected chi connectivity index (χ2v) is 6.29. The molecule has 0 amide bonds. The van der Waals surface area contributed by atoms with Crippen LogP contribution in [0.25, 0.3) is 10.2 Å². The second-order valence-electron chi connectivity index (χ2n) is 5.06. The van der Waals surface area contributed by atoms with Gasteiger partial charge in [-0.1, -0.05) is 0 Å². The highest BCUT2D eigenvalue weighted by atomic mass is 32.1. The first kappa shape index (κ1) is 16.4. The standard InChI is InChI=1S/C15H13F3N4OS/c1-9-4-11-13(21-8-22-14(11)24-9)20-6-10-2-3-19-12(5-10)23-7-15(16,17)18/h2-5,8H,6-7H2,1H3,(H,20,21,22). The summed E-state index contributed by atoms with van der Waals surface area (Å²) in [6.07, 6.45) is -1.50. The van der Waals surface area contributed by atoms with Crippen molar-refractivity contribution in [2.45, 2.75) is 19.6 Å². The number of alkyl halides is 3. The highest BCUT2D eigenvalue weighted by Gasteiger charge is 2.28. The number of rotatable bonds is 5. The Kier molecular flexibility index (Phi) is 4.52. The minimum atomic E-state index is -4.39. The molecule has 0 spiro atoms. The van der Waals surface area contributed by atoms with Crippen molar-refractivity contribution >= 4 is 27.4 Å². The van der Waals surface area contributed by atoms with Crippen molar-refractivity contribution in [2.24, 2.45) is 0 Å². The van der Waals surface area contributed by atoms with Crippen molar-refractivity contribution in [3.63, 3.8) is 0 Å². The van der Waals surface area contributed by atoms with Gasteiger partial charge in [0.15, 0.2) is 6.61 Å². The zero-order valence-electron chi connectivity index (χ0n) is 12.6. The summed E-state index contributed by atoms with van der Waals surface area (Å²) in [6, 6.07) is 5.16. The first-order chi connectivity index (χ1) is 11.4. The lowest BCUT2D eigenvalue weighted by Gasteiger charge is -2.10. The van der Waals surface area contributed by atoms with E-state index in [1.54, 1.807) is 17.4 Å². The molecule has 126 valence electrons. The van der Waals surface area contributed by atoms with Crippen LogP contribution in [0.15, 0.2) is 30.7 Å². The molecule has 0 fully saturated rings. The van der Waals surface area contributed by atoms with Crippen LogP contribution < -0.4 is 10.1 Å². The van der Waals surface area contributed by atoms with Crippen molar-refractivity contribution in [2.75, 3.05) is 11.9 Å². The molecule has 0 saturated carbocycles. The molecule has 0 saturated heterocycles. The molecule has 0 aromatic carbocycles. The molecule has 3 aromatic rings. The topological polar surface area (TPSA) is 59.9 Å². The summed E-state index contributed by atoms with van der Waals surface area (Å²) in [7, 11) is 0. The van der Waals surface area contributed by atoms with Crippen LogP contribution >= 0.6 is 11.3 Å². The van der Waals surface area contributed by atoms with Gasteiger partial charge in [0.25, 0.3) is 0 Å². The number of halogens is 3. The van der Waals surface area contributed by atoms with Gasteiger partial charge in [0.1, 0.15) is 17.0 Å². The number of nitrogens with one attached hydrogen (secondary N) is 1. The van der Waals surface area contributed by atoms with Crippen molar-refractivity contribution in [1.82, 2.24) is 15.0 Å². The van der Waals surface area contributed by atoms with Gasteiger partial charge in [-0.25, -0.2) is 15.0 Å². The Morgan fingerprint density at radius 3 is 2.83 bits per heavy atom. The molecule has 0 unspecified atom stereocenters. The van der Waals surface area contributed by atoms with Crippen LogP contribution in [0.5, 0.6) is 5.88 Å². The molecule has 3 rings (SSSR count). The van der Waals surface area contributed by atoms with Crippen LogP contribution in [0.1, 0.15) is 10.4 Å². The lowest BCUT2D eigenvalue weighted by Crippen LogP contribution is -2.19. The van der Waals surface area contributed by atoms with Gasteiger partial charge in [0.2, 0.25) is 5.88 Å². The number of thiophene rings is 1. The number of hydrogen-bond donors (Lipinski definition) is 1. The molecule has 0 aliphatic carbocycles. The molecule has 0 bridgehead atoms. The van der Waals surface area contributed by atoms with Gasteiger partial charge in [-0.2, -0.15) is 13.2 Å². The number of aromatic nitrogens is 3. The molecule has 0 aliphatic heterocycles. The van der Waals surface area contributed by atoms with E-state index in [1.165, 1.54) is 18.6 Å². The molecule has 1 N–H and O–H groups in total. The monoisotopic (exact) mass is 354 g/mol. The molecule has 3 aromatic heterocycles. The molecule has 0 atom stereocenters. The Hall–Kier alpha value is -2.42. The second kappa shape index (κ2) is 6.60. The molecule has 3 heterocycles. The zero-order chi connectivity index (χ0) is 17.2. The number of nitrogens with zero attached hydrogens (tertiary/aromatic N) is 3. The Morgan fingerprint density at radius 1 is 1.21 bits per heavy atom. The number of hydrogen-bond acceptors (Lipinski definition) is 6. The summed E-state index contributed by atoms with van der Waals surface area (Å²) < 4.78 is 41.2. The molecule has 0 radical (unpaired) electrons. The van der Waals surface area contributed by atoms with Crippen molar-refractivity contribution in [3.05, 3.63) is 41.2 Å².